The maximum atomic E-state index is 11.4. The Morgan fingerprint density at radius 2 is 1.85 bits per heavy atom. The van der Waals surface area contributed by atoms with Crippen molar-refractivity contribution in [1.29, 1.82) is 0 Å². The molecule has 76 valence electrons. The average Bonchev–Trinajstić information content (AvgIpc) is 2.31. The Morgan fingerprint density at radius 1 is 1.31 bits per heavy atom. The van der Waals surface area contributed by atoms with Crippen LogP contribution in [0.1, 0.15) is 38.5 Å². The minimum absolute atomic E-state index is 0.184. The SMILES string of the molecule is COCC1(C(N)=O)CCCCCC1. The molecule has 0 atom stereocenters. The molecule has 1 saturated carbocycles. The summed E-state index contributed by atoms with van der Waals surface area (Å²) in [5.41, 5.74) is 5.07. The second-order valence-corrected chi connectivity index (χ2v) is 3.99. The van der Waals surface area contributed by atoms with E-state index < -0.39 is 0 Å². The lowest BCUT2D eigenvalue weighted by molar-refractivity contribution is -0.131. The predicted octanol–water partition coefficient (Wildman–Crippen LogP) is 1.46. The Hall–Kier alpha value is -0.570. The van der Waals surface area contributed by atoms with E-state index in [2.05, 4.69) is 0 Å². The quantitative estimate of drug-likeness (QED) is 0.677. The monoisotopic (exact) mass is 185 g/mol. The fourth-order valence-corrected chi connectivity index (χ4v) is 2.14. The van der Waals surface area contributed by atoms with Gasteiger partial charge in [0, 0.05) is 7.11 Å². The van der Waals surface area contributed by atoms with Gasteiger partial charge in [0.05, 0.1) is 12.0 Å². The first kappa shape index (κ1) is 10.5. The molecule has 3 nitrogen and oxygen atoms in total. The number of methoxy groups -OCH3 is 1. The number of carbonyl (C=O) groups is 1. The third kappa shape index (κ3) is 2.44. The van der Waals surface area contributed by atoms with Crippen molar-refractivity contribution in [1.82, 2.24) is 0 Å². The van der Waals surface area contributed by atoms with Crippen LogP contribution in [-0.4, -0.2) is 19.6 Å². The Morgan fingerprint density at radius 3 is 2.23 bits per heavy atom. The van der Waals surface area contributed by atoms with Gasteiger partial charge in [0.2, 0.25) is 5.91 Å². The topological polar surface area (TPSA) is 52.3 Å². The molecule has 0 spiro atoms. The molecule has 2 N–H and O–H groups in total. The molecule has 1 amide bonds. The highest BCUT2D eigenvalue weighted by Gasteiger charge is 2.36. The highest BCUT2D eigenvalue weighted by atomic mass is 16.5. The first-order chi connectivity index (χ1) is 6.21. The summed E-state index contributed by atoms with van der Waals surface area (Å²) in [6.45, 7) is 0.488. The number of ether oxygens (including phenoxy) is 1. The Kier molecular flexibility index (Phi) is 3.72. The number of primary amides is 1. The van der Waals surface area contributed by atoms with E-state index in [-0.39, 0.29) is 11.3 Å². The van der Waals surface area contributed by atoms with Crippen LogP contribution in [0.5, 0.6) is 0 Å². The van der Waals surface area contributed by atoms with Gasteiger partial charge in [0.1, 0.15) is 0 Å². The summed E-state index contributed by atoms with van der Waals surface area (Å²) in [6.07, 6.45) is 6.45. The standard InChI is InChI=1S/C10H19NO2/c1-13-8-10(9(11)12)6-4-2-3-5-7-10/h2-8H2,1H3,(H2,11,12). The number of carbonyl (C=O) groups excluding carboxylic acids is 1. The number of amides is 1. The van der Waals surface area contributed by atoms with Crippen molar-refractivity contribution in [2.24, 2.45) is 11.1 Å². The van der Waals surface area contributed by atoms with Gasteiger partial charge in [-0.05, 0) is 12.8 Å². The molecule has 1 aliphatic carbocycles. The molecule has 0 aromatic carbocycles. The van der Waals surface area contributed by atoms with Crippen LogP contribution in [0.2, 0.25) is 0 Å². The smallest absolute Gasteiger partial charge is 0.225 e. The molecular weight excluding hydrogens is 166 g/mol. The molecule has 0 aliphatic heterocycles. The largest absolute Gasteiger partial charge is 0.384 e. The third-order valence-electron chi connectivity index (χ3n) is 3.00. The molecule has 0 aromatic rings. The second-order valence-electron chi connectivity index (χ2n) is 3.99. The molecule has 13 heavy (non-hydrogen) atoms. The highest BCUT2D eigenvalue weighted by Crippen LogP contribution is 2.34. The molecule has 1 aliphatic rings. The van der Waals surface area contributed by atoms with Crippen molar-refractivity contribution in [2.75, 3.05) is 13.7 Å². The van der Waals surface area contributed by atoms with Crippen molar-refractivity contribution in [3.8, 4) is 0 Å². The van der Waals surface area contributed by atoms with Gasteiger partial charge in [-0.3, -0.25) is 4.79 Å². The summed E-state index contributed by atoms with van der Waals surface area (Å²) < 4.78 is 5.10. The summed E-state index contributed by atoms with van der Waals surface area (Å²) in [7, 11) is 1.63. The van der Waals surface area contributed by atoms with Crippen LogP contribution in [-0.2, 0) is 9.53 Å². The third-order valence-corrected chi connectivity index (χ3v) is 3.00. The number of nitrogens with two attached hydrogens (primary N) is 1. The maximum Gasteiger partial charge on any atom is 0.225 e. The lowest BCUT2D eigenvalue weighted by Gasteiger charge is -2.28. The van der Waals surface area contributed by atoms with Crippen LogP contribution < -0.4 is 5.73 Å². The normalized spacial score (nSPS) is 22.2. The zero-order valence-electron chi connectivity index (χ0n) is 8.34. The Balaban J connectivity index is 2.67. The van der Waals surface area contributed by atoms with Crippen molar-refractivity contribution < 1.29 is 9.53 Å². The van der Waals surface area contributed by atoms with Crippen LogP contribution in [0.25, 0.3) is 0 Å². The average molecular weight is 185 g/mol. The molecule has 3 heteroatoms. The van der Waals surface area contributed by atoms with E-state index in [1.807, 2.05) is 0 Å². The zero-order chi connectivity index (χ0) is 9.73. The number of hydrogen-bond acceptors (Lipinski definition) is 2. The van der Waals surface area contributed by atoms with E-state index in [0.717, 1.165) is 25.7 Å². The van der Waals surface area contributed by atoms with Gasteiger partial charge in [0.15, 0.2) is 0 Å². The summed E-state index contributed by atoms with van der Waals surface area (Å²) in [6, 6.07) is 0. The molecule has 0 unspecified atom stereocenters. The Bertz CT molecular complexity index is 172. The Labute approximate surface area is 79.6 Å². The molecule has 1 fully saturated rings. The lowest BCUT2D eigenvalue weighted by Crippen LogP contribution is -2.40. The van der Waals surface area contributed by atoms with E-state index in [1.165, 1.54) is 12.8 Å². The van der Waals surface area contributed by atoms with Crippen molar-refractivity contribution in [3.63, 3.8) is 0 Å². The summed E-state index contributed by atoms with van der Waals surface area (Å²) in [5, 5.41) is 0. The molecule has 0 saturated heterocycles. The van der Waals surface area contributed by atoms with Gasteiger partial charge in [-0.15, -0.1) is 0 Å². The highest BCUT2D eigenvalue weighted by molar-refractivity contribution is 5.81. The van der Waals surface area contributed by atoms with Crippen LogP contribution in [0.3, 0.4) is 0 Å². The van der Waals surface area contributed by atoms with Gasteiger partial charge in [-0.2, -0.15) is 0 Å². The first-order valence-corrected chi connectivity index (χ1v) is 5.00. The fraction of sp³-hybridized carbons (Fsp3) is 0.900. The van der Waals surface area contributed by atoms with Crippen LogP contribution >= 0.6 is 0 Å². The lowest BCUT2D eigenvalue weighted by atomic mass is 9.80. The maximum absolute atomic E-state index is 11.4. The minimum atomic E-state index is -0.370. The summed E-state index contributed by atoms with van der Waals surface area (Å²) in [4.78, 5) is 11.4. The van der Waals surface area contributed by atoms with E-state index >= 15 is 0 Å². The van der Waals surface area contributed by atoms with Crippen LogP contribution in [0.4, 0.5) is 0 Å². The first-order valence-electron chi connectivity index (χ1n) is 5.00. The van der Waals surface area contributed by atoms with E-state index in [0.29, 0.717) is 6.61 Å². The van der Waals surface area contributed by atoms with Gasteiger partial charge < -0.3 is 10.5 Å². The molecule has 0 bridgehead atoms. The molecule has 1 rings (SSSR count). The van der Waals surface area contributed by atoms with E-state index in [1.54, 1.807) is 7.11 Å². The summed E-state index contributed by atoms with van der Waals surface area (Å²) >= 11 is 0. The zero-order valence-corrected chi connectivity index (χ0v) is 8.34. The van der Waals surface area contributed by atoms with E-state index in [9.17, 15) is 4.79 Å². The summed E-state index contributed by atoms with van der Waals surface area (Å²) in [5.74, 6) is -0.184. The van der Waals surface area contributed by atoms with Gasteiger partial charge >= 0.3 is 0 Å². The molecule has 0 heterocycles. The molecule has 0 radical (unpaired) electrons. The number of hydrogen-bond donors (Lipinski definition) is 1. The molecule has 0 aromatic heterocycles. The van der Waals surface area contributed by atoms with Crippen molar-refractivity contribution >= 4 is 5.91 Å². The molecular formula is C10H19NO2. The number of rotatable bonds is 3. The van der Waals surface area contributed by atoms with Crippen molar-refractivity contribution in [3.05, 3.63) is 0 Å². The fourth-order valence-electron chi connectivity index (χ4n) is 2.14. The van der Waals surface area contributed by atoms with E-state index in [4.69, 9.17) is 10.5 Å². The minimum Gasteiger partial charge on any atom is -0.384 e. The predicted molar refractivity (Wildman–Crippen MR) is 51.2 cm³/mol. The van der Waals surface area contributed by atoms with Gasteiger partial charge in [-0.25, -0.2) is 0 Å². The van der Waals surface area contributed by atoms with Gasteiger partial charge in [-0.1, -0.05) is 25.7 Å². The van der Waals surface area contributed by atoms with Gasteiger partial charge in [0.25, 0.3) is 0 Å². The van der Waals surface area contributed by atoms with Crippen LogP contribution in [0, 0.1) is 5.41 Å². The van der Waals surface area contributed by atoms with Crippen molar-refractivity contribution in [2.45, 2.75) is 38.5 Å². The second kappa shape index (κ2) is 4.61. The van der Waals surface area contributed by atoms with Crippen LogP contribution in [0.15, 0.2) is 0 Å².